The molecular formula is C14H14N6O2. The molecule has 0 aliphatic heterocycles. The molecule has 0 bridgehead atoms. The van der Waals surface area contributed by atoms with Crippen LogP contribution in [-0.2, 0) is 11.2 Å². The third kappa shape index (κ3) is 3.89. The van der Waals surface area contributed by atoms with Crippen molar-refractivity contribution in [3.05, 3.63) is 41.4 Å². The van der Waals surface area contributed by atoms with Crippen LogP contribution in [0.5, 0.6) is 0 Å². The number of carboxylic acids is 1. The Morgan fingerprint density at radius 1 is 1.55 bits per heavy atom. The normalized spacial score (nSPS) is 11.0. The van der Waals surface area contributed by atoms with Crippen LogP contribution in [-0.4, -0.2) is 31.7 Å². The molecule has 0 radical (unpaired) electrons. The summed E-state index contributed by atoms with van der Waals surface area (Å²) in [6.07, 6.45) is 2.02. The number of nitrogens with zero attached hydrogens (tertiary/aromatic N) is 4. The van der Waals surface area contributed by atoms with E-state index in [9.17, 15) is 4.79 Å². The van der Waals surface area contributed by atoms with E-state index in [1.165, 1.54) is 6.20 Å². The molecule has 8 nitrogen and oxygen atoms in total. The molecule has 1 heterocycles. The van der Waals surface area contributed by atoms with E-state index in [0.29, 0.717) is 6.42 Å². The predicted octanol–water partition coefficient (Wildman–Crippen LogP) is 1.50. The van der Waals surface area contributed by atoms with Crippen LogP contribution in [0.4, 0.5) is 5.69 Å². The number of nitrogens with one attached hydrogen (secondary N) is 2. The number of aromatic amines is 1. The molecule has 0 saturated heterocycles. The number of rotatable bonds is 6. The fourth-order valence-electron chi connectivity index (χ4n) is 1.80. The smallest absolute Gasteiger partial charge is 0.303 e. The Kier molecular flexibility index (Phi) is 4.82. The topological polar surface area (TPSA) is 128 Å². The first-order valence-corrected chi connectivity index (χ1v) is 6.52. The molecule has 1 aromatic heterocycles. The highest BCUT2D eigenvalue weighted by Gasteiger charge is 2.07. The maximum absolute atomic E-state index is 10.6. The van der Waals surface area contributed by atoms with E-state index in [1.807, 2.05) is 31.2 Å². The lowest BCUT2D eigenvalue weighted by Crippen LogP contribution is -1.99. The zero-order chi connectivity index (χ0) is 15.9. The highest BCUT2D eigenvalue weighted by molar-refractivity contribution is 5.74. The average molecular weight is 298 g/mol. The summed E-state index contributed by atoms with van der Waals surface area (Å²) in [5, 5.41) is 34.0. The van der Waals surface area contributed by atoms with Gasteiger partial charge in [0.05, 0.1) is 0 Å². The van der Waals surface area contributed by atoms with Gasteiger partial charge >= 0.3 is 5.97 Å². The maximum Gasteiger partial charge on any atom is 0.303 e. The van der Waals surface area contributed by atoms with Crippen molar-refractivity contribution in [3.63, 3.8) is 0 Å². The zero-order valence-electron chi connectivity index (χ0n) is 11.9. The zero-order valence-corrected chi connectivity index (χ0v) is 11.9. The van der Waals surface area contributed by atoms with Crippen LogP contribution in [0.15, 0.2) is 24.4 Å². The van der Waals surface area contributed by atoms with Gasteiger partial charge in [0.2, 0.25) is 5.82 Å². The number of carbonyl (C=O) groups is 1. The second kappa shape index (κ2) is 6.99. The summed E-state index contributed by atoms with van der Waals surface area (Å²) in [4.78, 5) is 10.6. The van der Waals surface area contributed by atoms with Crippen molar-refractivity contribution >= 4 is 17.2 Å². The maximum atomic E-state index is 10.6. The number of aliphatic carboxylic acids is 1. The number of hydrogen-bond acceptors (Lipinski definition) is 6. The van der Waals surface area contributed by atoms with Crippen LogP contribution in [0.1, 0.15) is 23.4 Å². The summed E-state index contributed by atoms with van der Waals surface area (Å²) in [6, 6.07) is 7.63. The third-order valence-corrected chi connectivity index (χ3v) is 3.01. The SMILES string of the molecule is Cc1ccc(CCC(=O)O)cc1NC=C(C#N)c1nn[nH]n1. The lowest BCUT2D eigenvalue weighted by Gasteiger charge is -2.08. The average Bonchev–Trinajstić information content (AvgIpc) is 3.02. The highest BCUT2D eigenvalue weighted by atomic mass is 16.4. The summed E-state index contributed by atoms with van der Waals surface area (Å²) in [7, 11) is 0. The van der Waals surface area contributed by atoms with Gasteiger partial charge in [-0.3, -0.25) is 4.79 Å². The summed E-state index contributed by atoms with van der Waals surface area (Å²) in [6.45, 7) is 1.91. The van der Waals surface area contributed by atoms with Gasteiger partial charge in [0.15, 0.2) is 0 Å². The summed E-state index contributed by atoms with van der Waals surface area (Å²) < 4.78 is 0. The first kappa shape index (κ1) is 15.2. The summed E-state index contributed by atoms with van der Waals surface area (Å²) >= 11 is 0. The number of benzene rings is 1. The quantitative estimate of drug-likeness (QED) is 0.689. The largest absolute Gasteiger partial charge is 0.481 e. The first-order chi connectivity index (χ1) is 10.6. The van der Waals surface area contributed by atoms with E-state index >= 15 is 0 Å². The molecule has 112 valence electrons. The number of carboxylic acid groups (broad SMARTS) is 1. The molecule has 0 aliphatic rings. The van der Waals surface area contributed by atoms with Gasteiger partial charge in [0, 0.05) is 18.3 Å². The van der Waals surface area contributed by atoms with Gasteiger partial charge in [0.1, 0.15) is 11.6 Å². The standard InChI is InChI=1S/C14H14N6O2/c1-9-2-3-10(4-5-13(21)22)6-12(9)16-8-11(7-15)14-17-19-20-18-14/h2-3,6,8,16H,4-5H2,1H3,(H,21,22)(H,17,18,19,20). The Bertz CT molecular complexity index is 730. The van der Waals surface area contributed by atoms with Crippen molar-refractivity contribution in [1.82, 2.24) is 20.6 Å². The molecule has 1 aromatic carbocycles. The van der Waals surface area contributed by atoms with Gasteiger partial charge in [-0.1, -0.05) is 12.1 Å². The molecule has 3 N–H and O–H groups in total. The van der Waals surface area contributed by atoms with Crippen LogP contribution in [0.25, 0.3) is 5.57 Å². The number of hydrogen-bond donors (Lipinski definition) is 3. The van der Waals surface area contributed by atoms with E-state index in [-0.39, 0.29) is 17.8 Å². The van der Waals surface area contributed by atoms with Crippen molar-refractivity contribution in [1.29, 1.82) is 5.26 Å². The van der Waals surface area contributed by atoms with Crippen LogP contribution < -0.4 is 5.32 Å². The Labute approximate surface area is 126 Å². The monoisotopic (exact) mass is 298 g/mol. The molecule has 2 rings (SSSR count). The molecule has 0 fully saturated rings. The Hall–Kier alpha value is -3.21. The number of allylic oxidation sites excluding steroid dienone is 1. The van der Waals surface area contributed by atoms with E-state index in [2.05, 4.69) is 25.9 Å². The van der Waals surface area contributed by atoms with Crippen LogP contribution in [0.2, 0.25) is 0 Å². The third-order valence-electron chi connectivity index (χ3n) is 3.01. The van der Waals surface area contributed by atoms with Gasteiger partial charge in [-0.05, 0) is 35.8 Å². The van der Waals surface area contributed by atoms with Crippen LogP contribution in [0, 0.1) is 18.3 Å². The molecule has 22 heavy (non-hydrogen) atoms. The Morgan fingerprint density at radius 2 is 2.36 bits per heavy atom. The molecule has 0 aliphatic carbocycles. The van der Waals surface area contributed by atoms with Gasteiger partial charge < -0.3 is 10.4 Å². The minimum absolute atomic E-state index is 0.0741. The van der Waals surface area contributed by atoms with Gasteiger partial charge in [-0.25, -0.2) is 0 Å². The van der Waals surface area contributed by atoms with Gasteiger partial charge in [-0.15, -0.1) is 10.2 Å². The number of aryl methyl sites for hydroxylation is 2. The molecule has 0 saturated carbocycles. The summed E-state index contributed by atoms with van der Waals surface area (Å²) in [5.74, 6) is -0.631. The molecule has 0 spiro atoms. The predicted molar refractivity (Wildman–Crippen MR) is 78.5 cm³/mol. The fourth-order valence-corrected chi connectivity index (χ4v) is 1.80. The van der Waals surface area contributed by atoms with Crippen molar-refractivity contribution in [2.24, 2.45) is 0 Å². The number of nitriles is 1. The molecular weight excluding hydrogens is 284 g/mol. The van der Waals surface area contributed by atoms with Crippen LogP contribution in [0.3, 0.4) is 0 Å². The van der Waals surface area contributed by atoms with Gasteiger partial charge in [-0.2, -0.15) is 10.5 Å². The number of tetrazole rings is 1. The molecule has 0 unspecified atom stereocenters. The second-order valence-corrected chi connectivity index (χ2v) is 4.59. The fraction of sp³-hybridized carbons (Fsp3) is 0.214. The molecule has 0 amide bonds. The molecule has 8 heteroatoms. The number of aromatic nitrogens is 4. The summed E-state index contributed by atoms with van der Waals surface area (Å²) in [5.41, 5.74) is 2.91. The number of anilines is 1. The van der Waals surface area contributed by atoms with Crippen molar-refractivity contribution in [3.8, 4) is 6.07 Å². The molecule has 0 atom stereocenters. The van der Waals surface area contributed by atoms with E-state index in [1.54, 1.807) is 0 Å². The minimum atomic E-state index is -0.834. The highest BCUT2D eigenvalue weighted by Crippen LogP contribution is 2.19. The number of H-pyrrole nitrogens is 1. The lowest BCUT2D eigenvalue weighted by molar-refractivity contribution is -0.136. The van der Waals surface area contributed by atoms with E-state index in [4.69, 9.17) is 10.4 Å². The minimum Gasteiger partial charge on any atom is -0.481 e. The van der Waals surface area contributed by atoms with Crippen molar-refractivity contribution in [2.75, 3.05) is 5.32 Å². The van der Waals surface area contributed by atoms with E-state index in [0.717, 1.165) is 16.8 Å². The van der Waals surface area contributed by atoms with E-state index < -0.39 is 5.97 Å². The first-order valence-electron chi connectivity index (χ1n) is 6.52. The Morgan fingerprint density at radius 3 is 3.00 bits per heavy atom. The van der Waals surface area contributed by atoms with Crippen molar-refractivity contribution in [2.45, 2.75) is 19.8 Å². The molecule has 2 aromatic rings. The Balaban J connectivity index is 2.16. The van der Waals surface area contributed by atoms with Gasteiger partial charge in [0.25, 0.3) is 0 Å². The van der Waals surface area contributed by atoms with Crippen LogP contribution >= 0.6 is 0 Å². The lowest BCUT2D eigenvalue weighted by atomic mass is 10.1. The van der Waals surface area contributed by atoms with Crippen molar-refractivity contribution < 1.29 is 9.90 Å². The second-order valence-electron chi connectivity index (χ2n) is 4.59.